The van der Waals surface area contributed by atoms with E-state index in [4.69, 9.17) is 6.42 Å². The van der Waals surface area contributed by atoms with Crippen LogP contribution in [0.4, 0.5) is 0 Å². The molecule has 0 unspecified atom stereocenters. The van der Waals surface area contributed by atoms with Gasteiger partial charge in [0, 0.05) is 37.4 Å². The van der Waals surface area contributed by atoms with Gasteiger partial charge in [-0.2, -0.15) is 10.2 Å². The highest BCUT2D eigenvalue weighted by Crippen LogP contribution is 2.37. The zero-order valence-electron chi connectivity index (χ0n) is 13.6. The average Bonchev–Trinajstić information content (AvgIpc) is 3.22. The molecule has 1 aromatic heterocycles. The van der Waals surface area contributed by atoms with Gasteiger partial charge in [-0.25, -0.2) is 4.98 Å². The Balaban J connectivity index is 1.94. The molecule has 0 bridgehead atoms. The van der Waals surface area contributed by atoms with Crippen LogP contribution in [0.25, 0.3) is 0 Å². The van der Waals surface area contributed by atoms with Crippen molar-refractivity contribution in [2.75, 3.05) is 0 Å². The third-order valence-electron chi connectivity index (χ3n) is 3.72. The summed E-state index contributed by atoms with van der Waals surface area (Å²) in [6, 6.07) is 1.41. The number of H-pyrrole nitrogens is 1. The molecule has 0 saturated carbocycles. The van der Waals surface area contributed by atoms with Gasteiger partial charge in [-0.15, -0.1) is 12.3 Å². The van der Waals surface area contributed by atoms with Crippen molar-refractivity contribution < 1.29 is 4.79 Å². The Morgan fingerprint density at radius 2 is 2.13 bits per heavy atom. The summed E-state index contributed by atoms with van der Waals surface area (Å²) < 4.78 is 0. The second kappa shape index (κ2) is 6.32. The van der Waals surface area contributed by atoms with E-state index in [9.17, 15) is 9.59 Å². The number of carbonyl (C=O) groups is 1. The third-order valence-corrected chi connectivity index (χ3v) is 3.72. The van der Waals surface area contributed by atoms with Crippen molar-refractivity contribution in [3.8, 4) is 12.3 Å². The summed E-state index contributed by atoms with van der Waals surface area (Å²) in [6.45, 7) is 5.33. The Bertz CT molecular complexity index is 721. The van der Waals surface area contributed by atoms with E-state index < -0.39 is 11.2 Å². The normalized spacial score (nSPS) is 15.0. The summed E-state index contributed by atoms with van der Waals surface area (Å²) in [6.07, 6.45) is 7.33. The number of nitrogens with zero attached hydrogens (tertiary/aromatic N) is 3. The Morgan fingerprint density at radius 3 is 2.70 bits per heavy atom. The maximum absolute atomic E-state index is 12.2. The highest BCUT2D eigenvalue weighted by molar-refractivity contribution is 5.76. The van der Waals surface area contributed by atoms with Gasteiger partial charge >= 0.3 is 0 Å². The van der Waals surface area contributed by atoms with Crippen LogP contribution in [-0.4, -0.2) is 21.5 Å². The molecule has 1 aromatic rings. The molecular formula is C16H21N5O2. The minimum atomic E-state index is -0.772. The summed E-state index contributed by atoms with van der Waals surface area (Å²) in [7, 11) is 0. The maximum Gasteiger partial charge on any atom is 0.251 e. The Hall–Kier alpha value is -2.49. The van der Waals surface area contributed by atoms with Crippen LogP contribution in [0.2, 0.25) is 0 Å². The minimum Gasteiger partial charge on any atom is -0.344 e. The summed E-state index contributed by atoms with van der Waals surface area (Å²) in [5.74, 6) is 2.85. The zero-order valence-corrected chi connectivity index (χ0v) is 13.6. The lowest BCUT2D eigenvalue weighted by Crippen LogP contribution is -2.43. The van der Waals surface area contributed by atoms with E-state index in [1.807, 2.05) is 0 Å². The van der Waals surface area contributed by atoms with Crippen LogP contribution in [0.5, 0.6) is 0 Å². The third kappa shape index (κ3) is 4.49. The minimum absolute atomic E-state index is 0.142. The zero-order chi connectivity index (χ0) is 17.1. The fourth-order valence-electron chi connectivity index (χ4n) is 2.33. The largest absolute Gasteiger partial charge is 0.344 e. The van der Waals surface area contributed by atoms with Crippen molar-refractivity contribution in [3.63, 3.8) is 0 Å². The molecule has 7 heteroatoms. The highest BCUT2D eigenvalue weighted by atomic mass is 16.1. The highest BCUT2D eigenvalue weighted by Gasteiger charge is 2.39. The maximum atomic E-state index is 12.2. The van der Waals surface area contributed by atoms with Crippen LogP contribution in [-0.2, 0) is 10.3 Å². The molecule has 2 N–H and O–H groups in total. The number of aromatic amines is 1. The molecule has 0 spiro atoms. The first kappa shape index (κ1) is 16.9. The first-order chi connectivity index (χ1) is 10.8. The van der Waals surface area contributed by atoms with Crippen molar-refractivity contribution in [1.82, 2.24) is 15.3 Å². The summed E-state index contributed by atoms with van der Waals surface area (Å²) in [5, 5.41) is 10.9. The van der Waals surface area contributed by atoms with Crippen LogP contribution in [0.1, 0.15) is 51.0 Å². The van der Waals surface area contributed by atoms with Gasteiger partial charge in [-0.1, -0.05) is 0 Å². The van der Waals surface area contributed by atoms with Gasteiger partial charge in [0.25, 0.3) is 5.56 Å². The number of carbonyl (C=O) groups excluding carboxylic acids is 1. The molecule has 2 rings (SSSR count). The number of terminal acetylenes is 1. The molecule has 0 saturated heterocycles. The second-order valence-electron chi connectivity index (χ2n) is 6.30. The molecule has 1 amide bonds. The van der Waals surface area contributed by atoms with Crippen molar-refractivity contribution in [1.29, 1.82) is 0 Å². The van der Waals surface area contributed by atoms with Gasteiger partial charge in [0.05, 0.1) is 5.54 Å². The van der Waals surface area contributed by atoms with Crippen LogP contribution < -0.4 is 10.9 Å². The molecule has 122 valence electrons. The summed E-state index contributed by atoms with van der Waals surface area (Å²) in [5.41, 5.74) is -0.871. The molecule has 1 aliphatic rings. The van der Waals surface area contributed by atoms with Crippen molar-refractivity contribution >= 4 is 5.91 Å². The lowest BCUT2D eigenvalue weighted by atomic mass is 10.00. The molecule has 2 heterocycles. The Kier molecular flexibility index (Phi) is 4.64. The van der Waals surface area contributed by atoms with E-state index in [-0.39, 0.29) is 17.9 Å². The standard InChI is InChI=1S/C16H21N5O2/c1-5-6-8-16(20-21-16)9-7-12(22)19-15(3,4)14-17-11(2)10-13(23)18-14/h1,10H,6-9H2,2-4H3,(H,19,22)(H,17,18,23). The van der Waals surface area contributed by atoms with E-state index in [0.29, 0.717) is 30.8 Å². The molecule has 0 radical (unpaired) electrons. The van der Waals surface area contributed by atoms with E-state index >= 15 is 0 Å². The number of aryl methyl sites for hydroxylation is 1. The van der Waals surface area contributed by atoms with E-state index in [1.165, 1.54) is 6.07 Å². The number of hydrogen-bond acceptors (Lipinski definition) is 5. The van der Waals surface area contributed by atoms with Gasteiger partial charge < -0.3 is 10.3 Å². The Labute approximate surface area is 135 Å². The molecule has 23 heavy (non-hydrogen) atoms. The number of amides is 1. The first-order valence-corrected chi connectivity index (χ1v) is 7.53. The van der Waals surface area contributed by atoms with Crippen LogP contribution >= 0.6 is 0 Å². The quantitative estimate of drug-likeness (QED) is 0.750. The van der Waals surface area contributed by atoms with Gasteiger partial charge in [0.15, 0.2) is 5.66 Å². The van der Waals surface area contributed by atoms with E-state index in [1.54, 1.807) is 20.8 Å². The topological polar surface area (TPSA) is 99.6 Å². The predicted octanol–water partition coefficient (Wildman–Crippen LogP) is 1.79. The molecule has 7 nitrogen and oxygen atoms in total. The van der Waals surface area contributed by atoms with Crippen molar-refractivity contribution in [2.45, 2.75) is 57.7 Å². The molecule has 1 aliphatic heterocycles. The van der Waals surface area contributed by atoms with Gasteiger partial charge in [-0.3, -0.25) is 9.59 Å². The van der Waals surface area contributed by atoms with Crippen LogP contribution in [0.3, 0.4) is 0 Å². The second-order valence-corrected chi connectivity index (χ2v) is 6.30. The number of hydrogen-bond donors (Lipinski definition) is 2. The Morgan fingerprint density at radius 1 is 1.43 bits per heavy atom. The average molecular weight is 315 g/mol. The van der Waals surface area contributed by atoms with E-state index in [0.717, 1.165) is 0 Å². The number of nitrogens with one attached hydrogen (secondary N) is 2. The smallest absolute Gasteiger partial charge is 0.251 e. The van der Waals surface area contributed by atoms with Crippen LogP contribution in [0, 0.1) is 19.3 Å². The van der Waals surface area contributed by atoms with Crippen LogP contribution in [0.15, 0.2) is 21.1 Å². The molecule has 0 aromatic carbocycles. The summed E-state index contributed by atoms with van der Waals surface area (Å²) >= 11 is 0. The SMILES string of the molecule is C#CCCC1(CCC(=O)NC(C)(C)c2nc(C)cc(=O)[nH]2)N=N1. The van der Waals surface area contributed by atoms with Crippen molar-refractivity contribution in [3.05, 3.63) is 27.9 Å². The van der Waals surface area contributed by atoms with Gasteiger partial charge in [0.2, 0.25) is 5.91 Å². The first-order valence-electron chi connectivity index (χ1n) is 7.53. The molecule has 0 aliphatic carbocycles. The number of rotatable bonds is 7. The van der Waals surface area contributed by atoms with Gasteiger partial charge in [0.1, 0.15) is 5.82 Å². The summed E-state index contributed by atoms with van der Waals surface area (Å²) in [4.78, 5) is 30.7. The molecular weight excluding hydrogens is 294 g/mol. The fraction of sp³-hybridized carbons (Fsp3) is 0.562. The fourth-order valence-corrected chi connectivity index (χ4v) is 2.33. The number of aromatic nitrogens is 2. The monoisotopic (exact) mass is 315 g/mol. The molecule has 0 fully saturated rings. The lowest BCUT2D eigenvalue weighted by molar-refractivity contribution is -0.123. The van der Waals surface area contributed by atoms with Crippen molar-refractivity contribution in [2.24, 2.45) is 10.2 Å². The predicted molar refractivity (Wildman–Crippen MR) is 85.7 cm³/mol. The molecule has 0 atom stereocenters. The lowest BCUT2D eigenvalue weighted by Gasteiger charge is -2.25. The van der Waals surface area contributed by atoms with Gasteiger partial charge in [-0.05, 0) is 20.8 Å². The van der Waals surface area contributed by atoms with E-state index in [2.05, 4.69) is 31.4 Å².